The van der Waals surface area contributed by atoms with Crippen molar-refractivity contribution in [3.63, 3.8) is 0 Å². The molecule has 3 rings (SSSR count). The zero-order chi connectivity index (χ0) is 21.9. The summed E-state index contributed by atoms with van der Waals surface area (Å²) >= 11 is 0. The van der Waals surface area contributed by atoms with Gasteiger partial charge in [-0.3, -0.25) is 4.79 Å². The summed E-state index contributed by atoms with van der Waals surface area (Å²) in [4.78, 5) is 17.2. The van der Waals surface area contributed by atoms with Crippen LogP contribution >= 0.6 is 0 Å². The zero-order valence-electron chi connectivity index (χ0n) is 19.2. The molecule has 0 saturated heterocycles. The Morgan fingerprint density at radius 2 is 1.65 bits per heavy atom. The highest BCUT2D eigenvalue weighted by molar-refractivity contribution is 5.95. The Kier molecular flexibility index (Phi) is 9.14. The molecule has 0 saturated carbocycles. The summed E-state index contributed by atoms with van der Waals surface area (Å²) < 4.78 is 2.43. The highest BCUT2D eigenvalue weighted by Gasteiger charge is 2.10. The fourth-order valence-corrected chi connectivity index (χ4v) is 4.15. The van der Waals surface area contributed by atoms with Gasteiger partial charge in [-0.05, 0) is 49.9 Å². The molecule has 3 aromatic rings. The Hall–Kier alpha value is -2.62. The number of fused-ring (bicyclic) bond motifs is 1. The van der Waals surface area contributed by atoms with Crippen LogP contribution in [-0.2, 0) is 13.0 Å². The van der Waals surface area contributed by atoms with Crippen molar-refractivity contribution >= 4 is 16.9 Å². The summed E-state index contributed by atoms with van der Waals surface area (Å²) in [7, 11) is 0. The van der Waals surface area contributed by atoms with Gasteiger partial charge in [-0.2, -0.15) is 0 Å². The van der Waals surface area contributed by atoms with E-state index in [0.717, 1.165) is 55.4 Å². The second kappa shape index (κ2) is 12.3. The number of amides is 1. The van der Waals surface area contributed by atoms with Crippen LogP contribution in [0.2, 0.25) is 0 Å². The molecule has 4 nitrogen and oxygen atoms in total. The zero-order valence-corrected chi connectivity index (χ0v) is 19.2. The molecular weight excluding hydrogens is 382 g/mol. The molecule has 0 aliphatic heterocycles. The second-order valence-corrected chi connectivity index (χ2v) is 8.46. The summed E-state index contributed by atoms with van der Waals surface area (Å²) in [6.45, 7) is 6.02. The first-order chi connectivity index (χ1) is 15.2. The smallest absolute Gasteiger partial charge is 0.251 e. The quantitative estimate of drug-likeness (QED) is 0.323. The highest BCUT2D eigenvalue weighted by Crippen LogP contribution is 2.19. The van der Waals surface area contributed by atoms with Crippen molar-refractivity contribution in [2.24, 2.45) is 0 Å². The number of unbranched alkanes of at least 4 members (excludes halogenated alkanes) is 6. The van der Waals surface area contributed by atoms with Crippen molar-refractivity contribution in [1.29, 1.82) is 0 Å². The number of nitrogens with zero attached hydrogens (tertiary/aromatic N) is 2. The monoisotopic (exact) mass is 419 g/mol. The summed E-state index contributed by atoms with van der Waals surface area (Å²) in [5.74, 6) is 1.24. The van der Waals surface area contributed by atoms with Crippen molar-refractivity contribution in [3.8, 4) is 0 Å². The minimum atomic E-state index is 0.0305. The van der Waals surface area contributed by atoms with E-state index in [9.17, 15) is 4.79 Å². The van der Waals surface area contributed by atoms with Crippen LogP contribution in [0, 0.1) is 6.92 Å². The number of aryl methyl sites for hydroxylation is 3. The number of nitrogens with one attached hydrogen (secondary N) is 1. The van der Waals surface area contributed by atoms with Gasteiger partial charge in [0.15, 0.2) is 0 Å². The predicted octanol–water partition coefficient (Wildman–Crippen LogP) is 6.46. The average molecular weight is 420 g/mol. The van der Waals surface area contributed by atoms with Crippen LogP contribution in [0.3, 0.4) is 0 Å². The van der Waals surface area contributed by atoms with Crippen molar-refractivity contribution in [2.45, 2.75) is 78.2 Å². The molecule has 1 amide bonds. The molecule has 0 unspecified atom stereocenters. The maximum absolute atomic E-state index is 12.3. The second-order valence-electron chi connectivity index (χ2n) is 8.46. The number of rotatable bonds is 13. The summed E-state index contributed by atoms with van der Waals surface area (Å²) in [5.41, 5.74) is 4.17. The predicted molar refractivity (Wildman–Crippen MR) is 130 cm³/mol. The van der Waals surface area contributed by atoms with Crippen LogP contribution in [0.25, 0.3) is 11.0 Å². The normalized spacial score (nSPS) is 11.2. The van der Waals surface area contributed by atoms with Gasteiger partial charge in [-0.15, -0.1) is 0 Å². The van der Waals surface area contributed by atoms with Crippen molar-refractivity contribution < 1.29 is 4.79 Å². The molecule has 4 heteroatoms. The maximum atomic E-state index is 12.3. The standard InChI is InChI=1S/C27H37N3O/c1-3-4-5-6-14-21-30-25-18-12-11-17-24(25)29-26(30)19-8-7-13-20-28-27(31)23-16-10-9-15-22(23)2/h9-12,15-18H,3-8,13-14,19-21H2,1-2H3,(H,28,31). The van der Waals surface area contributed by atoms with Gasteiger partial charge in [-0.1, -0.05) is 69.4 Å². The van der Waals surface area contributed by atoms with Gasteiger partial charge < -0.3 is 9.88 Å². The van der Waals surface area contributed by atoms with E-state index in [1.54, 1.807) is 0 Å². The molecule has 1 aromatic heterocycles. The molecule has 0 radical (unpaired) electrons. The molecule has 1 N–H and O–H groups in total. The lowest BCUT2D eigenvalue weighted by Gasteiger charge is -2.10. The molecule has 1 heterocycles. The Labute approximate surface area is 187 Å². The molecule has 0 bridgehead atoms. The van der Waals surface area contributed by atoms with Crippen molar-refractivity contribution in [3.05, 3.63) is 65.5 Å². The van der Waals surface area contributed by atoms with Gasteiger partial charge in [0.1, 0.15) is 5.82 Å². The number of benzene rings is 2. The SMILES string of the molecule is CCCCCCCn1c(CCCCCNC(=O)c2ccccc2C)nc2ccccc21. The lowest BCUT2D eigenvalue weighted by atomic mass is 10.1. The molecule has 31 heavy (non-hydrogen) atoms. The fourth-order valence-electron chi connectivity index (χ4n) is 4.15. The first-order valence-electron chi connectivity index (χ1n) is 12.0. The Morgan fingerprint density at radius 3 is 2.48 bits per heavy atom. The molecule has 0 aliphatic rings. The number of carbonyl (C=O) groups excluding carboxylic acids is 1. The van der Waals surface area contributed by atoms with E-state index in [4.69, 9.17) is 4.98 Å². The Bertz CT molecular complexity index is 960. The third-order valence-electron chi connectivity index (χ3n) is 5.97. The average Bonchev–Trinajstić information content (AvgIpc) is 3.13. The topological polar surface area (TPSA) is 46.9 Å². The largest absolute Gasteiger partial charge is 0.352 e. The van der Waals surface area contributed by atoms with Crippen LogP contribution in [0.4, 0.5) is 0 Å². The number of hydrogen-bond acceptors (Lipinski definition) is 2. The molecule has 166 valence electrons. The van der Waals surface area contributed by atoms with Crippen LogP contribution in [0.1, 0.15) is 80.0 Å². The van der Waals surface area contributed by atoms with Gasteiger partial charge in [-0.25, -0.2) is 4.98 Å². The minimum absolute atomic E-state index is 0.0305. The van der Waals surface area contributed by atoms with Crippen LogP contribution in [0.15, 0.2) is 48.5 Å². The van der Waals surface area contributed by atoms with E-state index >= 15 is 0 Å². The summed E-state index contributed by atoms with van der Waals surface area (Å²) in [6, 6.07) is 16.2. The summed E-state index contributed by atoms with van der Waals surface area (Å²) in [5, 5.41) is 3.06. The third-order valence-corrected chi connectivity index (χ3v) is 5.97. The first kappa shape index (κ1) is 23.1. The van der Waals surface area contributed by atoms with Gasteiger partial charge in [0.2, 0.25) is 0 Å². The lowest BCUT2D eigenvalue weighted by molar-refractivity contribution is 0.0952. The van der Waals surface area contributed by atoms with Crippen molar-refractivity contribution in [1.82, 2.24) is 14.9 Å². The molecular formula is C27H37N3O. The van der Waals surface area contributed by atoms with E-state index in [1.165, 1.54) is 43.4 Å². The third kappa shape index (κ3) is 6.68. The number of imidazole rings is 1. The van der Waals surface area contributed by atoms with Gasteiger partial charge in [0.25, 0.3) is 5.91 Å². The fraction of sp³-hybridized carbons (Fsp3) is 0.481. The van der Waals surface area contributed by atoms with Crippen molar-refractivity contribution in [2.75, 3.05) is 6.54 Å². The maximum Gasteiger partial charge on any atom is 0.251 e. The number of para-hydroxylation sites is 2. The molecule has 0 atom stereocenters. The first-order valence-corrected chi connectivity index (χ1v) is 12.0. The molecule has 0 aliphatic carbocycles. The van der Waals surface area contributed by atoms with Gasteiger partial charge in [0.05, 0.1) is 11.0 Å². The molecule has 0 fully saturated rings. The van der Waals surface area contributed by atoms with Gasteiger partial charge in [0, 0.05) is 25.1 Å². The van der Waals surface area contributed by atoms with E-state index in [2.05, 4.69) is 41.1 Å². The Balaban J connectivity index is 1.45. The van der Waals surface area contributed by atoms with E-state index < -0.39 is 0 Å². The van der Waals surface area contributed by atoms with E-state index in [1.807, 2.05) is 31.2 Å². The van der Waals surface area contributed by atoms with Crippen LogP contribution < -0.4 is 5.32 Å². The van der Waals surface area contributed by atoms with E-state index in [0.29, 0.717) is 0 Å². The number of carbonyl (C=O) groups is 1. The summed E-state index contributed by atoms with van der Waals surface area (Å²) in [6.07, 6.45) is 10.6. The molecule has 0 spiro atoms. The van der Waals surface area contributed by atoms with Crippen LogP contribution in [0.5, 0.6) is 0 Å². The number of hydrogen-bond donors (Lipinski definition) is 1. The van der Waals surface area contributed by atoms with Gasteiger partial charge >= 0.3 is 0 Å². The molecule has 2 aromatic carbocycles. The van der Waals surface area contributed by atoms with Crippen LogP contribution in [-0.4, -0.2) is 22.0 Å². The van der Waals surface area contributed by atoms with E-state index in [-0.39, 0.29) is 5.91 Å². The minimum Gasteiger partial charge on any atom is -0.352 e. The Morgan fingerprint density at radius 1 is 0.903 bits per heavy atom. The lowest BCUT2D eigenvalue weighted by Crippen LogP contribution is -2.25. The highest BCUT2D eigenvalue weighted by atomic mass is 16.1. The number of aromatic nitrogens is 2.